The molecule has 0 radical (unpaired) electrons. The summed E-state index contributed by atoms with van der Waals surface area (Å²) in [4.78, 5) is 28.2. The molecule has 5 rings (SSSR count). The van der Waals surface area contributed by atoms with Crippen LogP contribution in [0.5, 0.6) is 0 Å². The first-order chi connectivity index (χ1) is 18.2. The molecule has 4 N–H and O–H groups in total. The number of nitrogens with one attached hydrogen (secondary N) is 3. The van der Waals surface area contributed by atoms with E-state index in [-0.39, 0.29) is 28.3 Å². The maximum Gasteiger partial charge on any atom is 0.237 e. The number of halogens is 3. The molecule has 1 aromatic carbocycles. The predicted octanol–water partition coefficient (Wildman–Crippen LogP) is 5.38. The highest BCUT2D eigenvalue weighted by molar-refractivity contribution is 6.31. The number of fused-ring (bicyclic) bond motifs is 2. The molecule has 6 nitrogen and oxygen atoms in total. The van der Waals surface area contributed by atoms with Crippen LogP contribution in [0.25, 0.3) is 0 Å². The van der Waals surface area contributed by atoms with Gasteiger partial charge in [0.05, 0.1) is 22.1 Å². The summed E-state index contributed by atoms with van der Waals surface area (Å²) in [5.41, 5.74) is -0.842. The molecule has 212 valence electrons. The fourth-order valence-corrected chi connectivity index (χ4v) is 7.57. The maximum atomic E-state index is 16.0. The van der Waals surface area contributed by atoms with Gasteiger partial charge in [-0.05, 0) is 68.2 Å². The third kappa shape index (κ3) is 5.16. The van der Waals surface area contributed by atoms with Crippen molar-refractivity contribution in [1.29, 1.82) is 0 Å². The lowest BCUT2D eigenvalue weighted by Gasteiger charge is -2.41. The Morgan fingerprint density at radius 2 is 1.92 bits per heavy atom. The molecule has 1 saturated carbocycles. The highest BCUT2D eigenvalue weighted by Crippen LogP contribution is 2.57. The Morgan fingerprint density at radius 1 is 1.23 bits per heavy atom. The van der Waals surface area contributed by atoms with Crippen molar-refractivity contribution in [2.75, 3.05) is 5.32 Å². The molecule has 0 aromatic heterocycles. The number of amides is 2. The summed E-state index contributed by atoms with van der Waals surface area (Å²) in [7, 11) is 0. The van der Waals surface area contributed by atoms with E-state index in [9.17, 15) is 14.7 Å². The third-order valence-corrected chi connectivity index (χ3v) is 9.55. The van der Waals surface area contributed by atoms with E-state index in [1.165, 1.54) is 6.08 Å². The van der Waals surface area contributed by atoms with Crippen LogP contribution in [0.4, 0.5) is 10.1 Å². The Labute approximate surface area is 239 Å². The quantitative estimate of drug-likeness (QED) is 0.386. The fourth-order valence-electron chi connectivity index (χ4n) is 7.18. The van der Waals surface area contributed by atoms with Crippen molar-refractivity contribution >= 4 is 40.7 Å². The number of carbonyl (C=O) groups excluding carboxylic acids is 2. The fraction of sp³-hybridized carbons (Fsp3) is 0.600. The van der Waals surface area contributed by atoms with Gasteiger partial charge in [-0.25, -0.2) is 4.39 Å². The lowest BCUT2D eigenvalue weighted by molar-refractivity contribution is -0.127. The number of allylic oxidation sites excluding steroid dienone is 4. The summed E-state index contributed by atoms with van der Waals surface area (Å²) in [6, 6.07) is 3.90. The molecule has 9 heteroatoms. The van der Waals surface area contributed by atoms with Crippen LogP contribution in [0, 0.1) is 17.3 Å². The van der Waals surface area contributed by atoms with Crippen LogP contribution in [0.2, 0.25) is 5.02 Å². The van der Waals surface area contributed by atoms with E-state index in [2.05, 4.69) is 36.7 Å². The molecule has 1 spiro atoms. The second-order valence-corrected chi connectivity index (χ2v) is 14.1. The average Bonchev–Trinajstić information content (AvgIpc) is 3.31. The Kier molecular flexibility index (Phi) is 7.45. The standard InChI is InChI=1S/C30H38Cl2FN3O3/c1-28(2,3)15-22-30(19-9-8-16(31)14-21(19)35-27(30)38)23(18-6-5-7-20(32)24(18)33)25(36-22)26(37)34-17-10-12-29(4,39)13-11-17/h5-9,14,17-18,22-25,36,39H,10-13,15H2,1-4H3,(H,34,37)(H,35,38)/t17-,18?,22-,23-,24?,25+,29-,30+/m0/s1. The lowest BCUT2D eigenvalue weighted by Crippen LogP contribution is -2.54. The minimum Gasteiger partial charge on any atom is -0.390 e. The van der Waals surface area contributed by atoms with Gasteiger partial charge in [0.1, 0.15) is 6.17 Å². The van der Waals surface area contributed by atoms with Crippen LogP contribution >= 0.6 is 23.2 Å². The van der Waals surface area contributed by atoms with Crippen LogP contribution < -0.4 is 16.0 Å². The van der Waals surface area contributed by atoms with E-state index < -0.39 is 41.1 Å². The van der Waals surface area contributed by atoms with Gasteiger partial charge in [0.25, 0.3) is 0 Å². The van der Waals surface area contributed by atoms with Crippen LogP contribution in [0.15, 0.2) is 41.5 Å². The first-order valence-electron chi connectivity index (χ1n) is 13.8. The van der Waals surface area contributed by atoms with Crippen LogP contribution in [-0.2, 0) is 15.0 Å². The van der Waals surface area contributed by atoms with Gasteiger partial charge >= 0.3 is 0 Å². The number of anilines is 1. The number of hydrogen-bond acceptors (Lipinski definition) is 4. The maximum absolute atomic E-state index is 16.0. The molecule has 2 fully saturated rings. The zero-order valence-electron chi connectivity index (χ0n) is 22.9. The van der Waals surface area contributed by atoms with Crippen molar-refractivity contribution in [3.8, 4) is 0 Å². The van der Waals surface area contributed by atoms with Crippen molar-refractivity contribution < 1.29 is 19.1 Å². The molecular weight excluding hydrogens is 540 g/mol. The van der Waals surface area contributed by atoms with Crippen molar-refractivity contribution in [2.45, 2.75) is 95.1 Å². The molecule has 2 heterocycles. The lowest BCUT2D eigenvalue weighted by atomic mass is 9.59. The third-order valence-electron chi connectivity index (χ3n) is 8.98. The van der Waals surface area contributed by atoms with E-state index in [0.717, 1.165) is 5.56 Å². The number of alkyl halides is 1. The number of benzene rings is 1. The SMILES string of the molecule is CC(C)(C)C[C@@H]1N[C@@H](C(=O)N[C@H]2CC[C@](C)(O)CC2)[C@H](C2C=CC=C(Cl)C2F)[C@]12C(=O)Nc1cc(Cl)ccc12. The summed E-state index contributed by atoms with van der Waals surface area (Å²) in [6.45, 7) is 8.09. The number of carbonyl (C=O) groups is 2. The molecule has 2 unspecified atom stereocenters. The van der Waals surface area contributed by atoms with Crippen LogP contribution in [0.1, 0.15) is 65.4 Å². The highest BCUT2D eigenvalue weighted by Gasteiger charge is 2.67. The van der Waals surface area contributed by atoms with Crippen molar-refractivity contribution in [3.05, 3.63) is 52.0 Å². The van der Waals surface area contributed by atoms with E-state index in [1.807, 2.05) is 13.0 Å². The van der Waals surface area contributed by atoms with Gasteiger partial charge in [-0.2, -0.15) is 0 Å². The predicted molar refractivity (Wildman–Crippen MR) is 153 cm³/mol. The molecule has 1 aromatic rings. The smallest absolute Gasteiger partial charge is 0.237 e. The van der Waals surface area contributed by atoms with Crippen LogP contribution in [-0.4, -0.2) is 46.8 Å². The molecule has 2 aliphatic carbocycles. The van der Waals surface area contributed by atoms with Crippen molar-refractivity contribution in [3.63, 3.8) is 0 Å². The zero-order valence-corrected chi connectivity index (χ0v) is 24.4. The molecule has 1 saturated heterocycles. The molecule has 2 aliphatic heterocycles. The summed E-state index contributed by atoms with van der Waals surface area (Å²) in [5, 5.41) is 20.6. The minimum atomic E-state index is -1.56. The summed E-state index contributed by atoms with van der Waals surface area (Å²) >= 11 is 12.6. The monoisotopic (exact) mass is 577 g/mol. The number of rotatable bonds is 4. The van der Waals surface area contributed by atoms with E-state index in [1.54, 1.807) is 24.3 Å². The van der Waals surface area contributed by atoms with Gasteiger partial charge in [-0.1, -0.05) is 62.2 Å². The van der Waals surface area contributed by atoms with Crippen LogP contribution in [0.3, 0.4) is 0 Å². The second-order valence-electron chi connectivity index (χ2n) is 13.2. The number of aliphatic hydroxyl groups is 1. The molecule has 2 amide bonds. The van der Waals surface area contributed by atoms with Gasteiger partial charge < -0.3 is 21.1 Å². The first kappa shape index (κ1) is 28.6. The van der Waals surface area contributed by atoms with E-state index >= 15 is 4.39 Å². The Balaban J connectivity index is 1.61. The molecular formula is C30H38Cl2FN3O3. The van der Waals surface area contributed by atoms with Gasteiger partial charge in [0.2, 0.25) is 11.8 Å². The summed E-state index contributed by atoms with van der Waals surface area (Å²) < 4.78 is 16.0. The summed E-state index contributed by atoms with van der Waals surface area (Å²) in [6.07, 6.45) is 6.47. The highest BCUT2D eigenvalue weighted by atomic mass is 35.5. The normalized spacial score (nSPS) is 37.9. The molecule has 4 aliphatic rings. The number of hydrogen-bond donors (Lipinski definition) is 4. The molecule has 0 bridgehead atoms. The first-order valence-corrected chi connectivity index (χ1v) is 14.6. The van der Waals surface area contributed by atoms with E-state index in [0.29, 0.717) is 42.8 Å². The van der Waals surface area contributed by atoms with Gasteiger partial charge in [0, 0.05) is 34.6 Å². The zero-order chi connectivity index (χ0) is 28.3. The average molecular weight is 579 g/mol. The van der Waals surface area contributed by atoms with Gasteiger partial charge in [-0.15, -0.1) is 0 Å². The second kappa shape index (κ2) is 10.2. The van der Waals surface area contributed by atoms with Gasteiger partial charge in [0.15, 0.2) is 0 Å². The Morgan fingerprint density at radius 3 is 2.59 bits per heavy atom. The van der Waals surface area contributed by atoms with Crippen molar-refractivity contribution in [1.82, 2.24) is 10.6 Å². The molecule has 6 atom stereocenters. The topological polar surface area (TPSA) is 90.5 Å². The summed E-state index contributed by atoms with van der Waals surface area (Å²) in [5.74, 6) is -2.09. The van der Waals surface area contributed by atoms with Crippen molar-refractivity contribution in [2.24, 2.45) is 17.3 Å². The Bertz CT molecular complexity index is 1220. The Hall–Kier alpha value is -1.93. The molecule has 39 heavy (non-hydrogen) atoms. The largest absolute Gasteiger partial charge is 0.390 e. The van der Waals surface area contributed by atoms with Gasteiger partial charge in [-0.3, -0.25) is 9.59 Å². The van der Waals surface area contributed by atoms with E-state index in [4.69, 9.17) is 23.2 Å². The minimum absolute atomic E-state index is 0.0559.